The topological polar surface area (TPSA) is 17.1 Å². The monoisotopic (exact) mass is 292 g/mol. The number of halogens is 2. The Bertz CT molecular complexity index is 312. The highest BCUT2D eigenvalue weighted by Crippen LogP contribution is 2.16. The lowest BCUT2D eigenvalue weighted by Gasteiger charge is -2.06. The van der Waals surface area contributed by atoms with Gasteiger partial charge in [0.05, 0.1) is 0 Å². The second-order valence-corrected chi connectivity index (χ2v) is 4.22. The van der Waals surface area contributed by atoms with Gasteiger partial charge in [-0.15, -0.1) is 0 Å². The summed E-state index contributed by atoms with van der Waals surface area (Å²) in [5.41, 5.74) is 1.03. The summed E-state index contributed by atoms with van der Waals surface area (Å²) in [5, 5.41) is 0. The van der Waals surface area contributed by atoms with Crippen molar-refractivity contribution in [1.29, 1.82) is 0 Å². The van der Waals surface area contributed by atoms with Crippen molar-refractivity contribution < 1.29 is 9.18 Å². The Morgan fingerprint density at radius 2 is 2.31 bits per heavy atom. The molecule has 13 heavy (non-hydrogen) atoms. The van der Waals surface area contributed by atoms with Crippen LogP contribution in [0.3, 0.4) is 0 Å². The maximum absolute atomic E-state index is 12.7. The molecule has 0 saturated carbocycles. The van der Waals surface area contributed by atoms with Gasteiger partial charge in [-0.25, -0.2) is 4.39 Å². The molecule has 0 fully saturated rings. The fraction of sp³-hybridized carbons (Fsp3) is 0.300. The van der Waals surface area contributed by atoms with Crippen LogP contribution < -0.4 is 0 Å². The first kappa shape index (κ1) is 10.6. The minimum atomic E-state index is -0.230. The van der Waals surface area contributed by atoms with Crippen LogP contribution in [0.4, 0.5) is 4.39 Å². The highest BCUT2D eigenvalue weighted by atomic mass is 127. The zero-order valence-corrected chi connectivity index (χ0v) is 9.42. The van der Waals surface area contributed by atoms with Crippen LogP contribution in [0.2, 0.25) is 0 Å². The first-order chi connectivity index (χ1) is 6.13. The molecule has 0 radical (unpaired) electrons. The first-order valence-electron chi connectivity index (χ1n) is 4.02. The summed E-state index contributed by atoms with van der Waals surface area (Å²) in [5.74, 6) is -0.231. The summed E-state index contributed by atoms with van der Waals surface area (Å²) < 4.78 is 13.6. The van der Waals surface area contributed by atoms with Crippen LogP contribution in [0.1, 0.15) is 12.5 Å². The summed E-state index contributed by atoms with van der Waals surface area (Å²) in [7, 11) is 0. The molecule has 3 heteroatoms. The lowest BCUT2D eigenvalue weighted by molar-refractivity contribution is -0.110. The van der Waals surface area contributed by atoms with E-state index in [4.69, 9.17) is 0 Å². The fourth-order valence-electron chi connectivity index (χ4n) is 1.08. The molecule has 70 valence electrons. The molecule has 0 spiro atoms. The third-order valence-electron chi connectivity index (χ3n) is 1.79. The van der Waals surface area contributed by atoms with Gasteiger partial charge in [0.2, 0.25) is 0 Å². The smallest absolute Gasteiger partial charge is 0.124 e. The van der Waals surface area contributed by atoms with Gasteiger partial charge in [0, 0.05) is 9.49 Å². The van der Waals surface area contributed by atoms with Gasteiger partial charge in [0.25, 0.3) is 0 Å². The van der Waals surface area contributed by atoms with Gasteiger partial charge >= 0.3 is 0 Å². The van der Waals surface area contributed by atoms with Crippen molar-refractivity contribution in [1.82, 2.24) is 0 Å². The number of rotatable bonds is 3. The Balaban J connectivity index is 2.83. The molecular formula is C10H10FIO. The molecule has 1 atom stereocenters. The summed E-state index contributed by atoms with van der Waals surface area (Å²) in [6.45, 7) is 1.85. The summed E-state index contributed by atoms with van der Waals surface area (Å²) in [6.07, 6.45) is 1.60. The van der Waals surface area contributed by atoms with Gasteiger partial charge in [0.1, 0.15) is 12.1 Å². The minimum Gasteiger partial charge on any atom is -0.303 e. The van der Waals surface area contributed by atoms with E-state index in [9.17, 15) is 9.18 Å². The summed E-state index contributed by atoms with van der Waals surface area (Å²) >= 11 is 2.08. The molecule has 0 bridgehead atoms. The molecule has 0 saturated heterocycles. The van der Waals surface area contributed by atoms with Crippen molar-refractivity contribution >= 4 is 28.9 Å². The van der Waals surface area contributed by atoms with E-state index in [1.54, 1.807) is 6.07 Å². The summed E-state index contributed by atoms with van der Waals surface area (Å²) in [6, 6.07) is 4.64. The lowest BCUT2D eigenvalue weighted by Crippen LogP contribution is -2.02. The molecular weight excluding hydrogens is 282 g/mol. The maximum atomic E-state index is 12.7. The first-order valence-corrected chi connectivity index (χ1v) is 5.10. The van der Waals surface area contributed by atoms with E-state index in [2.05, 4.69) is 22.6 Å². The number of hydrogen-bond donors (Lipinski definition) is 0. The van der Waals surface area contributed by atoms with Crippen molar-refractivity contribution in [2.75, 3.05) is 0 Å². The standard InChI is InChI=1S/C10H10FIO/c1-7(6-13)4-8-2-3-9(11)5-10(8)12/h2-3,5-7H,4H2,1H3. The number of hydrogen-bond acceptors (Lipinski definition) is 1. The van der Waals surface area contributed by atoms with Crippen LogP contribution in [0.15, 0.2) is 18.2 Å². The number of carbonyl (C=O) groups is 1. The predicted octanol–water partition coefficient (Wildman–Crippen LogP) is 2.81. The minimum absolute atomic E-state index is 0.000947. The van der Waals surface area contributed by atoms with Crippen LogP contribution in [-0.2, 0) is 11.2 Å². The Kier molecular flexibility index (Phi) is 3.84. The highest BCUT2D eigenvalue weighted by molar-refractivity contribution is 14.1. The van der Waals surface area contributed by atoms with Crippen molar-refractivity contribution in [3.63, 3.8) is 0 Å². The molecule has 0 aliphatic rings. The van der Waals surface area contributed by atoms with Gasteiger partial charge < -0.3 is 4.79 Å². The molecule has 1 unspecified atom stereocenters. The average molecular weight is 292 g/mol. The van der Waals surface area contributed by atoms with Gasteiger partial charge in [-0.3, -0.25) is 0 Å². The SMILES string of the molecule is CC(C=O)Cc1ccc(F)cc1I. The van der Waals surface area contributed by atoms with Crippen LogP contribution in [-0.4, -0.2) is 6.29 Å². The second kappa shape index (κ2) is 4.69. The van der Waals surface area contributed by atoms with Crippen LogP contribution in [0, 0.1) is 15.3 Å². The normalized spacial score (nSPS) is 12.5. The van der Waals surface area contributed by atoms with Crippen LogP contribution >= 0.6 is 22.6 Å². The lowest BCUT2D eigenvalue weighted by atomic mass is 10.0. The Morgan fingerprint density at radius 1 is 1.62 bits per heavy atom. The van der Waals surface area contributed by atoms with Crippen molar-refractivity contribution in [2.45, 2.75) is 13.3 Å². The number of aldehydes is 1. The molecule has 0 N–H and O–H groups in total. The maximum Gasteiger partial charge on any atom is 0.124 e. The molecule has 1 nitrogen and oxygen atoms in total. The van der Waals surface area contributed by atoms with E-state index in [1.807, 2.05) is 6.92 Å². The molecule has 0 amide bonds. The Hall–Kier alpha value is -0.450. The Labute approximate surface area is 90.5 Å². The third kappa shape index (κ3) is 3.06. The molecule has 1 aromatic carbocycles. The molecule has 0 aromatic heterocycles. The quantitative estimate of drug-likeness (QED) is 0.618. The van der Waals surface area contributed by atoms with E-state index in [-0.39, 0.29) is 11.7 Å². The van der Waals surface area contributed by atoms with Crippen molar-refractivity contribution in [3.05, 3.63) is 33.1 Å². The highest BCUT2D eigenvalue weighted by Gasteiger charge is 2.05. The largest absolute Gasteiger partial charge is 0.303 e. The van der Waals surface area contributed by atoms with Gasteiger partial charge in [-0.1, -0.05) is 13.0 Å². The fourth-order valence-corrected chi connectivity index (χ4v) is 1.78. The number of carbonyl (C=O) groups excluding carboxylic acids is 1. The Morgan fingerprint density at radius 3 is 2.85 bits per heavy atom. The van der Waals surface area contributed by atoms with Gasteiger partial charge in [-0.2, -0.15) is 0 Å². The average Bonchev–Trinajstić information content (AvgIpc) is 2.09. The summed E-state index contributed by atoms with van der Waals surface area (Å²) in [4.78, 5) is 10.4. The van der Waals surface area contributed by atoms with Gasteiger partial charge in [-0.05, 0) is 46.7 Å². The van der Waals surface area contributed by atoms with Crippen LogP contribution in [0.25, 0.3) is 0 Å². The van der Waals surface area contributed by atoms with Crippen LogP contribution in [0.5, 0.6) is 0 Å². The van der Waals surface area contributed by atoms with E-state index in [1.165, 1.54) is 12.1 Å². The number of benzene rings is 1. The van der Waals surface area contributed by atoms with Crippen molar-refractivity contribution in [3.8, 4) is 0 Å². The van der Waals surface area contributed by atoms with Gasteiger partial charge in [0.15, 0.2) is 0 Å². The van der Waals surface area contributed by atoms with E-state index < -0.39 is 0 Å². The van der Waals surface area contributed by atoms with E-state index >= 15 is 0 Å². The van der Waals surface area contributed by atoms with E-state index in [0.717, 1.165) is 15.4 Å². The molecule has 0 aliphatic carbocycles. The zero-order chi connectivity index (χ0) is 9.84. The van der Waals surface area contributed by atoms with Crippen molar-refractivity contribution in [2.24, 2.45) is 5.92 Å². The molecule has 1 aromatic rings. The molecule has 1 rings (SSSR count). The zero-order valence-electron chi connectivity index (χ0n) is 7.26. The third-order valence-corrected chi connectivity index (χ3v) is 2.79. The molecule has 0 heterocycles. The second-order valence-electron chi connectivity index (χ2n) is 3.05. The molecule has 0 aliphatic heterocycles. The van der Waals surface area contributed by atoms with E-state index in [0.29, 0.717) is 6.42 Å². The predicted molar refractivity (Wildman–Crippen MR) is 58.0 cm³/mol.